The van der Waals surface area contributed by atoms with E-state index in [4.69, 9.17) is 4.74 Å². The zero-order valence-electron chi connectivity index (χ0n) is 17.1. The zero-order valence-corrected chi connectivity index (χ0v) is 19.3. The van der Waals surface area contributed by atoms with Crippen molar-refractivity contribution >= 4 is 45.3 Å². The summed E-state index contributed by atoms with van der Waals surface area (Å²) in [5.74, 6) is 0. The number of carbonyl (C=O) groups is 1. The number of anilines is 1. The van der Waals surface area contributed by atoms with Gasteiger partial charge in [-0.2, -0.15) is 13.2 Å². The molecule has 2 fully saturated rings. The summed E-state index contributed by atoms with van der Waals surface area (Å²) >= 11 is 1.95. The SMILES string of the molecule is CC(C)(C)OC(=O)N1CC2(CC(Nc3cccc4c3cc(I)n4CC(F)(F)F)C2)C1. The topological polar surface area (TPSA) is 46.5 Å². The highest BCUT2D eigenvalue weighted by Gasteiger charge is 2.54. The fraction of sp³-hybridized carbons (Fsp3) is 0.571. The summed E-state index contributed by atoms with van der Waals surface area (Å²) in [4.78, 5) is 13.9. The average molecular weight is 535 g/mol. The number of nitrogens with one attached hydrogen (secondary N) is 1. The Morgan fingerprint density at radius 1 is 1.27 bits per heavy atom. The van der Waals surface area contributed by atoms with Crippen LogP contribution >= 0.6 is 22.6 Å². The van der Waals surface area contributed by atoms with E-state index in [9.17, 15) is 18.0 Å². The Hall–Kier alpha value is -1.65. The summed E-state index contributed by atoms with van der Waals surface area (Å²) in [7, 11) is 0. The minimum atomic E-state index is -4.26. The van der Waals surface area contributed by atoms with E-state index in [0.717, 1.165) is 23.9 Å². The van der Waals surface area contributed by atoms with E-state index in [1.54, 1.807) is 23.1 Å². The molecular weight excluding hydrogens is 510 g/mol. The molecule has 1 spiro atoms. The Kier molecular flexibility index (Phi) is 5.18. The lowest BCUT2D eigenvalue weighted by molar-refractivity contribution is -0.140. The van der Waals surface area contributed by atoms with Crippen LogP contribution in [0.15, 0.2) is 24.3 Å². The average Bonchev–Trinajstić information content (AvgIpc) is 2.82. The first-order chi connectivity index (χ1) is 13.8. The maximum atomic E-state index is 12.9. The van der Waals surface area contributed by atoms with Gasteiger partial charge in [0.15, 0.2) is 0 Å². The molecular formula is C21H25F3IN3O2. The van der Waals surface area contributed by atoms with Gasteiger partial charge in [0.25, 0.3) is 0 Å². The van der Waals surface area contributed by atoms with E-state index in [0.29, 0.717) is 22.3 Å². The van der Waals surface area contributed by atoms with Crippen LogP contribution in [0, 0.1) is 9.12 Å². The molecule has 0 unspecified atom stereocenters. The van der Waals surface area contributed by atoms with Gasteiger partial charge in [-0.25, -0.2) is 4.79 Å². The molecule has 4 rings (SSSR count). The molecule has 0 bridgehead atoms. The normalized spacial score (nSPS) is 19.0. The van der Waals surface area contributed by atoms with Crippen LogP contribution in [0.5, 0.6) is 0 Å². The predicted octanol–water partition coefficient (Wildman–Crippen LogP) is 5.62. The molecule has 0 atom stereocenters. The van der Waals surface area contributed by atoms with Crippen molar-refractivity contribution in [3.8, 4) is 0 Å². The second-order valence-corrected chi connectivity index (χ2v) is 10.6. The smallest absolute Gasteiger partial charge is 0.410 e. The van der Waals surface area contributed by atoms with Gasteiger partial charge >= 0.3 is 12.3 Å². The Labute approximate surface area is 187 Å². The minimum Gasteiger partial charge on any atom is -0.444 e. The number of carbonyl (C=O) groups excluding carboxylic acids is 1. The molecule has 2 aromatic rings. The van der Waals surface area contributed by atoms with Gasteiger partial charge < -0.3 is 19.5 Å². The van der Waals surface area contributed by atoms with Crippen molar-refractivity contribution in [2.75, 3.05) is 18.4 Å². The number of rotatable bonds is 3. The number of amides is 1. The summed E-state index contributed by atoms with van der Waals surface area (Å²) in [5.41, 5.74) is 1.08. The first-order valence-corrected chi connectivity index (χ1v) is 11.0. The van der Waals surface area contributed by atoms with E-state index in [-0.39, 0.29) is 17.6 Å². The number of alkyl halides is 3. The number of aromatic nitrogens is 1. The van der Waals surface area contributed by atoms with Crippen LogP contribution in [0.1, 0.15) is 33.6 Å². The van der Waals surface area contributed by atoms with Gasteiger partial charge in [0.2, 0.25) is 0 Å². The lowest BCUT2D eigenvalue weighted by atomic mass is 9.60. The van der Waals surface area contributed by atoms with Crippen LogP contribution < -0.4 is 5.32 Å². The molecule has 0 radical (unpaired) electrons. The number of halogens is 4. The predicted molar refractivity (Wildman–Crippen MR) is 118 cm³/mol. The number of hydrogen-bond acceptors (Lipinski definition) is 3. The molecule has 1 N–H and O–H groups in total. The van der Waals surface area contributed by atoms with E-state index < -0.39 is 18.3 Å². The lowest BCUT2D eigenvalue weighted by Crippen LogP contribution is -2.66. The number of nitrogens with zero attached hydrogens (tertiary/aromatic N) is 2. The molecule has 164 valence electrons. The molecule has 2 heterocycles. The van der Waals surface area contributed by atoms with Crippen LogP contribution in [0.2, 0.25) is 0 Å². The van der Waals surface area contributed by atoms with Gasteiger partial charge in [-0.15, -0.1) is 0 Å². The second kappa shape index (κ2) is 7.20. The number of likely N-dealkylation sites (tertiary alicyclic amines) is 1. The second-order valence-electron chi connectivity index (χ2n) is 9.49. The van der Waals surface area contributed by atoms with Crippen molar-refractivity contribution in [3.05, 3.63) is 28.0 Å². The molecule has 1 amide bonds. The van der Waals surface area contributed by atoms with Crippen molar-refractivity contribution in [1.82, 2.24) is 9.47 Å². The van der Waals surface area contributed by atoms with Crippen molar-refractivity contribution < 1.29 is 22.7 Å². The Morgan fingerprint density at radius 3 is 2.53 bits per heavy atom. The Morgan fingerprint density at radius 2 is 1.93 bits per heavy atom. The van der Waals surface area contributed by atoms with E-state index in [1.807, 2.05) is 49.4 Å². The monoisotopic (exact) mass is 535 g/mol. The fourth-order valence-corrected chi connectivity index (χ4v) is 5.24. The van der Waals surface area contributed by atoms with Gasteiger partial charge in [-0.05, 0) is 74.4 Å². The summed E-state index contributed by atoms with van der Waals surface area (Å²) in [5, 5.41) is 4.30. The molecule has 1 saturated heterocycles. The van der Waals surface area contributed by atoms with Crippen LogP contribution in [-0.2, 0) is 11.3 Å². The van der Waals surface area contributed by atoms with Gasteiger partial charge in [0.1, 0.15) is 12.1 Å². The van der Waals surface area contributed by atoms with Gasteiger partial charge in [-0.1, -0.05) is 6.07 Å². The summed E-state index contributed by atoms with van der Waals surface area (Å²) < 4.78 is 46.1. The van der Waals surface area contributed by atoms with Crippen LogP contribution in [0.4, 0.5) is 23.7 Å². The number of fused-ring (bicyclic) bond motifs is 1. The first kappa shape index (κ1) is 21.6. The molecule has 1 aliphatic heterocycles. The summed E-state index contributed by atoms with van der Waals surface area (Å²) in [6.45, 7) is 5.97. The van der Waals surface area contributed by atoms with Crippen LogP contribution in [-0.4, -0.2) is 46.5 Å². The van der Waals surface area contributed by atoms with Crippen molar-refractivity contribution in [3.63, 3.8) is 0 Å². The molecule has 2 aliphatic rings. The third-order valence-corrected chi connectivity index (χ3v) is 6.55. The maximum Gasteiger partial charge on any atom is 0.410 e. The molecule has 1 saturated carbocycles. The molecule has 9 heteroatoms. The molecule has 1 aromatic heterocycles. The third kappa shape index (κ3) is 4.36. The van der Waals surface area contributed by atoms with E-state index >= 15 is 0 Å². The number of hydrogen-bond donors (Lipinski definition) is 1. The molecule has 1 aromatic carbocycles. The van der Waals surface area contributed by atoms with Crippen LogP contribution in [0.25, 0.3) is 10.9 Å². The standard InChI is InChI=1S/C21H25F3IN3O2/c1-19(2,3)30-18(29)27-10-20(11-27)8-13(9-20)26-15-5-4-6-16-14(15)7-17(25)28(16)12-21(22,23)24/h4-7,13,26H,8-12H2,1-3H3. The highest BCUT2D eigenvalue weighted by Crippen LogP contribution is 2.50. The van der Waals surface area contributed by atoms with E-state index in [2.05, 4.69) is 5.32 Å². The van der Waals surface area contributed by atoms with Gasteiger partial charge in [-0.3, -0.25) is 0 Å². The van der Waals surface area contributed by atoms with Crippen molar-refractivity contribution in [2.24, 2.45) is 5.41 Å². The molecule has 1 aliphatic carbocycles. The molecule has 5 nitrogen and oxygen atoms in total. The van der Waals surface area contributed by atoms with E-state index in [1.165, 1.54) is 4.57 Å². The zero-order chi connectivity index (χ0) is 21.9. The van der Waals surface area contributed by atoms with Gasteiger partial charge in [0.05, 0.1) is 9.22 Å². The number of benzene rings is 1. The Bertz CT molecular complexity index is 966. The lowest BCUT2D eigenvalue weighted by Gasteiger charge is -2.58. The third-order valence-electron chi connectivity index (χ3n) is 5.66. The fourth-order valence-electron chi connectivity index (χ4n) is 4.50. The van der Waals surface area contributed by atoms with Crippen molar-refractivity contribution in [1.29, 1.82) is 0 Å². The van der Waals surface area contributed by atoms with Crippen LogP contribution in [0.3, 0.4) is 0 Å². The largest absolute Gasteiger partial charge is 0.444 e. The number of ether oxygens (including phenoxy) is 1. The quantitative estimate of drug-likeness (QED) is 0.520. The Balaban J connectivity index is 1.38. The first-order valence-electron chi connectivity index (χ1n) is 9.93. The highest BCUT2D eigenvalue weighted by atomic mass is 127. The molecule has 30 heavy (non-hydrogen) atoms. The maximum absolute atomic E-state index is 12.9. The van der Waals surface area contributed by atoms with Gasteiger partial charge in [0, 0.05) is 35.6 Å². The summed E-state index contributed by atoms with van der Waals surface area (Å²) in [6, 6.07) is 7.47. The highest BCUT2D eigenvalue weighted by molar-refractivity contribution is 14.1. The minimum absolute atomic E-state index is 0.138. The van der Waals surface area contributed by atoms with Crippen molar-refractivity contribution in [2.45, 2.75) is 58.0 Å². The summed E-state index contributed by atoms with van der Waals surface area (Å²) in [6.07, 6.45) is -2.67.